The average Bonchev–Trinajstić information content (AvgIpc) is 3.38. The topological polar surface area (TPSA) is 117 Å². The molecular weight excluding hydrogens is 529 g/mol. The molecule has 0 spiro atoms. The van der Waals surface area contributed by atoms with E-state index in [0.717, 1.165) is 6.04 Å². The quantitative estimate of drug-likeness (QED) is 0.240. The molecule has 0 aliphatic carbocycles. The largest absolute Gasteiger partial charge is 0.361 e. The van der Waals surface area contributed by atoms with Gasteiger partial charge in [0.25, 0.3) is 0 Å². The Morgan fingerprint density at radius 3 is 2.71 bits per heavy atom. The number of sulfonamides is 1. The number of halogens is 1. The van der Waals surface area contributed by atoms with Crippen molar-refractivity contribution in [2.75, 3.05) is 26.0 Å². The molecule has 1 aliphatic rings. The summed E-state index contributed by atoms with van der Waals surface area (Å²) < 4.78 is 50.5. The average molecular weight is 562 g/mol. The van der Waals surface area contributed by atoms with Crippen LogP contribution in [0.1, 0.15) is 18.9 Å². The first-order chi connectivity index (χ1) is 17.9. The summed E-state index contributed by atoms with van der Waals surface area (Å²) in [4.78, 5) is 27.3. The first-order valence-electron chi connectivity index (χ1n) is 12.6. The Kier molecular flexibility index (Phi) is 7.00. The number of nitrogens with zero attached hydrogens (tertiary/aromatic N) is 7. The summed E-state index contributed by atoms with van der Waals surface area (Å²) >= 11 is 0. The summed E-state index contributed by atoms with van der Waals surface area (Å²) in [6, 6.07) is 3.44. The number of pyridine rings is 1. The molecule has 1 aliphatic heterocycles. The molecule has 0 amide bonds. The minimum absolute atomic E-state index is 0.0405. The van der Waals surface area contributed by atoms with Crippen molar-refractivity contribution in [3.63, 3.8) is 0 Å². The third-order valence-corrected chi connectivity index (χ3v) is 9.79. The fraction of sp³-hybridized carbons (Fsp3) is 0.500. The van der Waals surface area contributed by atoms with Gasteiger partial charge in [-0.1, -0.05) is 19.6 Å². The molecule has 0 bridgehead atoms. The zero-order valence-electron chi connectivity index (χ0n) is 22.0. The second-order valence-electron chi connectivity index (χ2n) is 11.0. The van der Waals surface area contributed by atoms with E-state index in [4.69, 9.17) is 9.72 Å². The molecule has 38 heavy (non-hydrogen) atoms. The lowest BCUT2D eigenvalue weighted by atomic mass is 10.1. The van der Waals surface area contributed by atoms with Crippen LogP contribution >= 0.6 is 0 Å². The lowest BCUT2D eigenvalue weighted by Crippen LogP contribution is -2.42. The van der Waals surface area contributed by atoms with Crippen molar-refractivity contribution in [3.05, 3.63) is 47.0 Å². The van der Waals surface area contributed by atoms with Crippen molar-refractivity contribution in [2.45, 2.75) is 51.3 Å². The Balaban J connectivity index is 1.60. The Morgan fingerprint density at radius 1 is 1.18 bits per heavy atom. The zero-order valence-corrected chi connectivity index (χ0v) is 23.8. The smallest absolute Gasteiger partial charge is 0.332 e. The minimum Gasteiger partial charge on any atom is -0.361 e. The maximum Gasteiger partial charge on any atom is 0.332 e. The van der Waals surface area contributed by atoms with Gasteiger partial charge in [-0.05, 0) is 31.0 Å². The number of aromatic nitrogens is 6. The van der Waals surface area contributed by atoms with Gasteiger partial charge in [0.05, 0.1) is 24.7 Å². The van der Waals surface area contributed by atoms with E-state index in [-0.39, 0.29) is 24.8 Å². The van der Waals surface area contributed by atoms with Gasteiger partial charge in [-0.2, -0.15) is 0 Å². The maximum atomic E-state index is 14.0. The highest BCUT2D eigenvalue weighted by Gasteiger charge is 2.31. The number of hydrogen-bond acceptors (Lipinski definition) is 7. The van der Waals surface area contributed by atoms with Crippen LogP contribution in [0.15, 0.2) is 35.5 Å². The summed E-state index contributed by atoms with van der Waals surface area (Å²) in [5.41, 5.74) is 1.54. The zero-order chi connectivity index (χ0) is 27.2. The van der Waals surface area contributed by atoms with Gasteiger partial charge >= 0.3 is 5.69 Å². The summed E-state index contributed by atoms with van der Waals surface area (Å²) in [5, 5.41) is 0. The highest BCUT2D eigenvalue weighted by molar-refractivity contribution is 7.88. The van der Waals surface area contributed by atoms with Gasteiger partial charge in [0.15, 0.2) is 11.5 Å². The van der Waals surface area contributed by atoms with Gasteiger partial charge in [0, 0.05) is 34.0 Å². The van der Waals surface area contributed by atoms with Crippen LogP contribution in [0.25, 0.3) is 28.3 Å². The Hall–Kier alpha value is -2.94. The van der Waals surface area contributed by atoms with Gasteiger partial charge in [0.2, 0.25) is 10.0 Å². The van der Waals surface area contributed by atoms with Crippen LogP contribution in [0.5, 0.6) is 0 Å². The predicted octanol–water partition coefficient (Wildman–Crippen LogP) is 2.96. The van der Waals surface area contributed by atoms with Crippen LogP contribution < -0.4 is 5.69 Å². The van der Waals surface area contributed by atoms with E-state index in [0.29, 0.717) is 48.5 Å². The molecule has 0 saturated carbocycles. The molecule has 0 aromatic carbocycles. The standard InChI is InChI=1S/C24H32FN7O4SSi/c1-37(34,35)29-9-5-6-18(15-29)32-23-20(31(24(32)33)16-36-10-11-38(2,3)4)13-27-22(28-23)19-12-26-21-8-7-17(25)14-30(19)21/h7-8,12-14,18H,5-6,9-11,15-16H2,1-4H3/t18-/m1/s1. The summed E-state index contributed by atoms with van der Waals surface area (Å²) in [6.07, 6.45) is 6.85. The molecule has 14 heteroatoms. The molecule has 4 aromatic rings. The van der Waals surface area contributed by atoms with Gasteiger partial charge in [-0.3, -0.25) is 13.5 Å². The number of imidazole rings is 2. The van der Waals surface area contributed by atoms with Crippen LogP contribution in [0, 0.1) is 5.82 Å². The van der Waals surface area contributed by atoms with Crippen LogP contribution in [0.4, 0.5) is 4.39 Å². The van der Waals surface area contributed by atoms with E-state index in [9.17, 15) is 17.6 Å². The highest BCUT2D eigenvalue weighted by atomic mass is 32.2. The molecule has 5 rings (SSSR count). The van der Waals surface area contributed by atoms with Crippen molar-refractivity contribution < 1.29 is 17.5 Å². The maximum absolute atomic E-state index is 14.0. The fourth-order valence-corrected chi connectivity index (χ4v) is 6.38. The normalized spacial score (nSPS) is 17.6. The summed E-state index contributed by atoms with van der Waals surface area (Å²) in [6.45, 7) is 7.93. The van der Waals surface area contributed by atoms with E-state index >= 15 is 0 Å². The van der Waals surface area contributed by atoms with Gasteiger partial charge in [-0.25, -0.2) is 36.9 Å². The molecule has 1 atom stereocenters. The lowest BCUT2D eigenvalue weighted by molar-refractivity contribution is 0.0866. The minimum atomic E-state index is -3.42. The molecule has 0 unspecified atom stereocenters. The van der Waals surface area contributed by atoms with Crippen LogP contribution in [-0.2, 0) is 21.5 Å². The van der Waals surface area contributed by atoms with Gasteiger partial charge < -0.3 is 4.74 Å². The Bertz CT molecular complexity index is 1660. The van der Waals surface area contributed by atoms with Gasteiger partial charge in [0.1, 0.15) is 29.4 Å². The van der Waals surface area contributed by atoms with Crippen molar-refractivity contribution >= 4 is 34.9 Å². The Morgan fingerprint density at radius 2 is 1.97 bits per heavy atom. The van der Waals surface area contributed by atoms with Crippen LogP contribution in [-0.4, -0.2) is 75.2 Å². The van der Waals surface area contributed by atoms with E-state index in [1.54, 1.807) is 27.4 Å². The second kappa shape index (κ2) is 9.98. The number of ether oxygens (including phenoxy) is 1. The molecule has 1 saturated heterocycles. The molecule has 1 fully saturated rings. The number of rotatable bonds is 8. The number of fused-ring (bicyclic) bond motifs is 2. The molecule has 0 radical (unpaired) electrons. The summed E-state index contributed by atoms with van der Waals surface area (Å²) in [5.74, 6) is -0.156. The van der Waals surface area contributed by atoms with E-state index in [1.807, 2.05) is 0 Å². The number of hydrogen-bond donors (Lipinski definition) is 0. The first kappa shape index (κ1) is 26.7. The second-order valence-corrected chi connectivity index (χ2v) is 18.6. The van der Waals surface area contributed by atoms with Crippen molar-refractivity contribution in [1.82, 2.24) is 32.8 Å². The molecular formula is C24H32FN7O4SSi. The SMILES string of the molecule is C[Si](C)(C)CCOCn1c(=O)n([C@@H]2CCCN(S(C)(=O)=O)C2)c2nc(-c3cnc4ccc(F)cn34)ncc21. The third kappa shape index (κ3) is 5.30. The van der Waals surface area contributed by atoms with E-state index < -0.39 is 30.0 Å². The molecule has 0 N–H and O–H groups in total. The fourth-order valence-electron chi connectivity index (χ4n) is 4.72. The number of piperidine rings is 1. The molecule has 5 heterocycles. The third-order valence-electron chi connectivity index (χ3n) is 6.81. The molecule has 11 nitrogen and oxygen atoms in total. The van der Waals surface area contributed by atoms with E-state index in [1.165, 1.54) is 27.4 Å². The predicted molar refractivity (Wildman–Crippen MR) is 145 cm³/mol. The Labute approximate surface area is 221 Å². The van der Waals surface area contributed by atoms with Crippen molar-refractivity contribution in [2.24, 2.45) is 0 Å². The van der Waals surface area contributed by atoms with Crippen LogP contribution in [0.3, 0.4) is 0 Å². The summed E-state index contributed by atoms with van der Waals surface area (Å²) in [7, 11) is -4.73. The lowest BCUT2D eigenvalue weighted by Gasteiger charge is -2.31. The van der Waals surface area contributed by atoms with Crippen molar-refractivity contribution in [1.29, 1.82) is 0 Å². The van der Waals surface area contributed by atoms with Gasteiger partial charge in [-0.15, -0.1) is 0 Å². The first-order valence-corrected chi connectivity index (χ1v) is 18.1. The monoisotopic (exact) mass is 561 g/mol. The highest BCUT2D eigenvalue weighted by Crippen LogP contribution is 2.27. The van der Waals surface area contributed by atoms with Crippen molar-refractivity contribution in [3.8, 4) is 11.5 Å². The van der Waals surface area contributed by atoms with E-state index in [2.05, 4.69) is 29.6 Å². The van der Waals surface area contributed by atoms with Crippen LogP contribution in [0.2, 0.25) is 25.7 Å². The molecule has 204 valence electrons. The molecule has 4 aromatic heterocycles.